The highest BCUT2D eigenvalue weighted by Crippen LogP contribution is 2.17. The van der Waals surface area contributed by atoms with E-state index in [0.29, 0.717) is 5.75 Å². The summed E-state index contributed by atoms with van der Waals surface area (Å²) in [5, 5.41) is 0. The average Bonchev–Trinajstić information content (AvgIpc) is 2.30. The summed E-state index contributed by atoms with van der Waals surface area (Å²) in [5.41, 5.74) is 0.212. The van der Waals surface area contributed by atoms with E-state index in [4.69, 9.17) is 4.74 Å². The van der Waals surface area contributed by atoms with Crippen molar-refractivity contribution in [3.05, 3.63) is 63.2 Å². The van der Waals surface area contributed by atoms with Crippen LogP contribution in [0.15, 0.2) is 42.5 Å². The van der Waals surface area contributed by atoms with Gasteiger partial charge in [-0.3, -0.25) is 0 Å². The molecule has 0 N–H and O–H groups in total. The molecular weight excluding hydrogens is 337 g/mol. The summed E-state index contributed by atoms with van der Waals surface area (Å²) in [7, 11) is 0. The molecule has 4 heteroatoms. The number of hydrogen-bond donors (Lipinski definition) is 0. The van der Waals surface area contributed by atoms with E-state index < -0.39 is 11.6 Å². The van der Waals surface area contributed by atoms with Gasteiger partial charge in [0.2, 0.25) is 0 Å². The van der Waals surface area contributed by atoms with Gasteiger partial charge in [-0.25, -0.2) is 8.78 Å². The quantitative estimate of drug-likeness (QED) is 0.759. The summed E-state index contributed by atoms with van der Waals surface area (Å²) in [6.45, 7) is 0.0175. The normalized spacial score (nSPS) is 10.3. The van der Waals surface area contributed by atoms with Crippen LogP contribution in [0.2, 0.25) is 0 Å². The van der Waals surface area contributed by atoms with Crippen molar-refractivity contribution in [1.82, 2.24) is 0 Å². The van der Waals surface area contributed by atoms with Crippen LogP contribution < -0.4 is 4.74 Å². The summed E-state index contributed by atoms with van der Waals surface area (Å²) < 4.78 is 32.6. The molecule has 0 aliphatic heterocycles. The van der Waals surface area contributed by atoms with E-state index >= 15 is 0 Å². The maximum Gasteiger partial charge on any atom is 0.130 e. The van der Waals surface area contributed by atoms with Crippen molar-refractivity contribution in [3.63, 3.8) is 0 Å². The number of rotatable bonds is 3. The van der Waals surface area contributed by atoms with E-state index in [0.717, 1.165) is 21.8 Å². The first-order valence-corrected chi connectivity index (χ1v) is 6.05. The Labute approximate surface area is 112 Å². The molecule has 0 radical (unpaired) electrons. The van der Waals surface area contributed by atoms with Crippen molar-refractivity contribution in [2.75, 3.05) is 0 Å². The van der Waals surface area contributed by atoms with Crippen LogP contribution in [0.5, 0.6) is 5.75 Å². The first kappa shape index (κ1) is 12.3. The van der Waals surface area contributed by atoms with Gasteiger partial charge in [-0.1, -0.05) is 6.07 Å². The first-order valence-electron chi connectivity index (χ1n) is 4.97. The van der Waals surface area contributed by atoms with Gasteiger partial charge < -0.3 is 4.74 Å². The van der Waals surface area contributed by atoms with Crippen molar-refractivity contribution in [2.24, 2.45) is 0 Å². The second-order valence-electron chi connectivity index (χ2n) is 3.48. The number of hydrogen-bond acceptors (Lipinski definition) is 1. The molecule has 2 aromatic rings. The predicted octanol–water partition coefficient (Wildman–Crippen LogP) is 4.15. The van der Waals surface area contributed by atoms with Gasteiger partial charge in [0.25, 0.3) is 0 Å². The van der Waals surface area contributed by atoms with E-state index in [9.17, 15) is 8.78 Å². The van der Waals surface area contributed by atoms with E-state index in [1.807, 2.05) is 18.2 Å². The van der Waals surface area contributed by atoms with Crippen molar-refractivity contribution < 1.29 is 13.5 Å². The molecule has 0 unspecified atom stereocenters. The molecule has 0 aliphatic carbocycles. The SMILES string of the molecule is Fc1ccc(F)c(COc2cccc(I)c2)c1. The zero-order chi connectivity index (χ0) is 12.3. The lowest BCUT2D eigenvalue weighted by Crippen LogP contribution is -1.99. The third kappa shape index (κ3) is 3.39. The second kappa shape index (κ2) is 5.44. The van der Waals surface area contributed by atoms with Gasteiger partial charge in [-0.15, -0.1) is 0 Å². The Balaban J connectivity index is 2.09. The monoisotopic (exact) mass is 346 g/mol. The van der Waals surface area contributed by atoms with Crippen LogP contribution in [-0.4, -0.2) is 0 Å². The predicted molar refractivity (Wildman–Crippen MR) is 69.8 cm³/mol. The summed E-state index contributed by atoms with van der Waals surface area (Å²) in [4.78, 5) is 0. The van der Waals surface area contributed by atoms with Crippen molar-refractivity contribution in [2.45, 2.75) is 6.61 Å². The van der Waals surface area contributed by atoms with E-state index in [1.54, 1.807) is 6.07 Å². The second-order valence-corrected chi connectivity index (χ2v) is 4.73. The van der Waals surface area contributed by atoms with Crippen LogP contribution in [0.3, 0.4) is 0 Å². The van der Waals surface area contributed by atoms with Gasteiger partial charge in [0.1, 0.15) is 24.0 Å². The molecular formula is C13H9F2IO. The molecule has 0 atom stereocenters. The molecule has 0 aromatic heterocycles. The van der Waals surface area contributed by atoms with E-state index in [2.05, 4.69) is 22.6 Å². The molecule has 0 fully saturated rings. The molecule has 0 saturated carbocycles. The molecule has 0 heterocycles. The lowest BCUT2D eigenvalue weighted by atomic mass is 10.2. The largest absolute Gasteiger partial charge is 0.489 e. The maximum absolute atomic E-state index is 13.3. The summed E-state index contributed by atoms with van der Waals surface area (Å²) in [6.07, 6.45) is 0. The molecule has 0 spiro atoms. The topological polar surface area (TPSA) is 9.23 Å². The van der Waals surface area contributed by atoms with Gasteiger partial charge >= 0.3 is 0 Å². The molecule has 0 amide bonds. The fourth-order valence-corrected chi connectivity index (χ4v) is 1.89. The van der Waals surface area contributed by atoms with Crippen LogP contribution >= 0.6 is 22.6 Å². The maximum atomic E-state index is 13.3. The third-order valence-electron chi connectivity index (χ3n) is 2.20. The molecule has 2 aromatic carbocycles. The van der Waals surface area contributed by atoms with E-state index in [-0.39, 0.29) is 12.2 Å². The van der Waals surface area contributed by atoms with Gasteiger partial charge in [0.15, 0.2) is 0 Å². The molecule has 0 aliphatic rings. The zero-order valence-electron chi connectivity index (χ0n) is 8.79. The highest BCUT2D eigenvalue weighted by molar-refractivity contribution is 14.1. The molecule has 1 nitrogen and oxygen atoms in total. The lowest BCUT2D eigenvalue weighted by molar-refractivity contribution is 0.299. The Morgan fingerprint density at radius 2 is 1.88 bits per heavy atom. The van der Waals surface area contributed by atoms with Gasteiger partial charge in [0.05, 0.1) is 0 Å². The summed E-state index contributed by atoms with van der Waals surface area (Å²) >= 11 is 2.16. The molecule has 88 valence electrons. The molecule has 0 saturated heterocycles. The Morgan fingerprint density at radius 3 is 2.65 bits per heavy atom. The molecule has 2 rings (SSSR count). The smallest absolute Gasteiger partial charge is 0.130 e. The Kier molecular flexibility index (Phi) is 3.93. The van der Waals surface area contributed by atoms with Crippen LogP contribution in [0.1, 0.15) is 5.56 Å². The van der Waals surface area contributed by atoms with Crippen LogP contribution in [-0.2, 0) is 6.61 Å². The molecule has 0 bridgehead atoms. The summed E-state index contributed by atoms with van der Waals surface area (Å²) in [6, 6.07) is 10.7. The Morgan fingerprint density at radius 1 is 1.06 bits per heavy atom. The van der Waals surface area contributed by atoms with E-state index in [1.165, 1.54) is 0 Å². The zero-order valence-corrected chi connectivity index (χ0v) is 10.9. The van der Waals surface area contributed by atoms with Crippen LogP contribution in [0, 0.1) is 15.2 Å². The van der Waals surface area contributed by atoms with Crippen LogP contribution in [0.25, 0.3) is 0 Å². The van der Waals surface area contributed by atoms with Gasteiger partial charge in [-0.2, -0.15) is 0 Å². The highest BCUT2D eigenvalue weighted by Gasteiger charge is 2.04. The third-order valence-corrected chi connectivity index (χ3v) is 2.87. The minimum atomic E-state index is -0.465. The fraction of sp³-hybridized carbons (Fsp3) is 0.0769. The van der Waals surface area contributed by atoms with Crippen molar-refractivity contribution in [1.29, 1.82) is 0 Å². The average molecular weight is 346 g/mol. The standard InChI is InChI=1S/C13H9F2IO/c14-10-4-5-13(15)9(6-10)8-17-12-3-1-2-11(16)7-12/h1-7H,8H2. The number of ether oxygens (including phenoxy) is 1. The van der Waals surface area contributed by atoms with Crippen molar-refractivity contribution in [3.8, 4) is 5.75 Å². The minimum absolute atomic E-state index is 0.0175. The number of halogens is 3. The van der Waals surface area contributed by atoms with Crippen LogP contribution in [0.4, 0.5) is 8.78 Å². The minimum Gasteiger partial charge on any atom is -0.489 e. The Bertz CT molecular complexity index is 529. The first-order chi connectivity index (χ1) is 8.15. The molecule has 17 heavy (non-hydrogen) atoms. The lowest BCUT2D eigenvalue weighted by Gasteiger charge is -2.07. The summed E-state index contributed by atoms with van der Waals surface area (Å²) in [5.74, 6) is -0.287. The Hall–Kier alpha value is -1.17. The number of benzene rings is 2. The fourth-order valence-electron chi connectivity index (χ4n) is 1.37. The van der Waals surface area contributed by atoms with Crippen molar-refractivity contribution >= 4 is 22.6 Å². The van der Waals surface area contributed by atoms with Gasteiger partial charge in [-0.05, 0) is 59.0 Å². The van der Waals surface area contributed by atoms with Gasteiger partial charge in [0, 0.05) is 9.13 Å². The highest BCUT2D eigenvalue weighted by atomic mass is 127.